The molecule has 1 aromatic heterocycles. The number of pyridine rings is 1. The van der Waals surface area contributed by atoms with Crippen molar-refractivity contribution in [2.24, 2.45) is 0 Å². The minimum atomic E-state index is -2.69. The van der Waals surface area contributed by atoms with Gasteiger partial charge < -0.3 is 0 Å². The van der Waals surface area contributed by atoms with E-state index in [-0.39, 0.29) is 16.3 Å². The van der Waals surface area contributed by atoms with E-state index in [0.29, 0.717) is 0 Å². The molecule has 0 saturated carbocycles. The lowest BCUT2D eigenvalue weighted by Crippen LogP contribution is -1.92. The van der Waals surface area contributed by atoms with E-state index in [4.69, 9.17) is 11.6 Å². The molecular weight excluding hydrogens is 191 g/mol. The fraction of sp³-hybridized carbons (Fsp3) is 0.286. The van der Waals surface area contributed by atoms with Crippen molar-refractivity contribution in [3.05, 3.63) is 28.5 Å². The van der Waals surface area contributed by atoms with E-state index >= 15 is 0 Å². The molecule has 66 valence electrons. The van der Waals surface area contributed by atoms with Crippen molar-refractivity contribution in [3.8, 4) is 0 Å². The van der Waals surface area contributed by atoms with Gasteiger partial charge in [0.15, 0.2) is 0 Å². The topological polar surface area (TPSA) is 12.9 Å². The summed E-state index contributed by atoms with van der Waals surface area (Å²) in [5.74, 6) is 0. The lowest BCUT2D eigenvalue weighted by molar-refractivity contribution is 0.151. The molecule has 1 rings (SSSR count). The Morgan fingerprint density at radius 3 is 2.67 bits per heavy atom. The molecule has 0 aromatic carbocycles. The lowest BCUT2D eigenvalue weighted by Gasteiger charge is -2.02. The number of halogens is 4. The summed E-state index contributed by atoms with van der Waals surface area (Å²) >= 11 is 5.38. The highest BCUT2D eigenvalue weighted by molar-refractivity contribution is 6.31. The normalized spacial score (nSPS) is 10.8. The van der Waals surface area contributed by atoms with E-state index in [1.54, 1.807) is 0 Å². The van der Waals surface area contributed by atoms with Gasteiger partial charge >= 0.3 is 0 Å². The second kappa shape index (κ2) is 3.76. The first-order chi connectivity index (χ1) is 5.65. The zero-order chi connectivity index (χ0) is 9.14. The van der Waals surface area contributed by atoms with E-state index in [1.165, 1.54) is 0 Å². The molecule has 0 aliphatic rings. The van der Waals surface area contributed by atoms with Crippen LogP contribution in [-0.2, 0) is 6.67 Å². The van der Waals surface area contributed by atoms with Gasteiger partial charge in [0.05, 0.1) is 10.7 Å². The van der Waals surface area contributed by atoms with Gasteiger partial charge in [0.2, 0.25) is 0 Å². The average molecular weight is 196 g/mol. The Balaban J connectivity index is 3.08. The maximum Gasteiger partial charge on any atom is 0.265 e. The van der Waals surface area contributed by atoms with Gasteiger partial charge in [-0.15, -0.1) is 0 Å². The molecule has 0 fully saturated rings. The monoisotopic (exact) mass is 195 g/mol. The van der Waals surface area contributed by atoms with Crippen molar-refractivity contribution >= 4 is 11.6 Å². The predicted molar refractivity (Wildman–Crippen MR) is 39.0 cm³/mol. The third-order valence-electron chi connectivity index (χ3n) is 1.31. The van der Waals surface area contributed by atoms with Gasteiger partial charge in [-0.05, 0) is 6.07 Å². The fourth-order valence-corrected chi connectivity index (χ4v) is 0.926. The molecule has 12 heavy (non-hydrogen) atoms. The summed E-state index contributed by atoms with van der Waals surface area (Å²) in [6.07, 6.45) is -1.66. The van der Waals surface area contributed by atoms with Gasteiger partial charge in [0.25, 0.3) is 6.43 Å². The van der Waals surface area contributed by atoms with Crippen LogP contribution in [0.5, 0.6) is 0 Å². The van der Waals surface area contributed by atoms with Gasteiger partial charge in [-0.3, -0.25) is 4.98 Å². The first-order valence-electron chi connectivity index (χ1n) is 3.13. The third kappa shape index (κ3) is 1.88. The van der Waals surface area contributed by atoms with E-state index < -0.39 is 13.1 Å². The van der Waals surface area contributed by atoms with Crippen LogP contribution in [0.2, 0.25) is 5.02 Å². The standard InChI is InChI=1S/C7H5ClF3N/c8-6-3-12-4(2-9)1-5(6)7(10)11/h1,3,7H,2H2. The minimum absolute atomic E-state index is 0.0327. The molecule has 1 aromatic rings. The van der Waals surface area contributed by atoms with Crippen molar-refractivity contribution in [2.75, 3.05) is 0 Å². The summed E-state index contributed by atoms with van der Waals surface area (Å²) in [5, 5.41) is -0.137. The Morgan fingerprint density at radius 1 is 1.50 bits per heavy atom. The summed E-state index contributed by atoms with van der Waals surface area (Å²) in [5.41, 5.74) is -0.408. The Labute approximate surface area is 72.2 Å². The third-order valence-corrected chi connectivity index (χ3v) is 1.63. The van der Waals surface area contributed by atoms with Gasteiger partial charge in [-0.2, -0.15) is 0 Å². The van der Waals surface area contributed by atoms with Crippen LogP contribution in [0.15, 0.2) is 12.3 Å². The smallest absolute Gasteiger partial charge is 0.257 e. The number of hydrogen-bond donors (Lipinski definition) is 0. The zero-order valence-corrected chi connectivity index (χ0v) is 6.65. The Kier molecular flexibility index (Phi) is 2.92. The van der Waals surface area contributed by atoms with Gasteiger partial charge in [0, 0.05) is 11.8 Å². The van der Waals surface area contributed by atoms with Gasteiger partial charge in [-0.25, -0.2) is 13.2 Å². The number of nitrogens with zero attached hydrogens (tertiary/aromatic N) is 1. The Hall–Kier alpha value is -0.770. The summed E-state index contributed by atoms with van der Waals surface area (Å²) in [7, 11) is 0. The highest BCUT2D eigenvalue weighted by Gasteiger charge is 2.12. The highest BCUT2D eigenvalue weighted by Crippen LogP contribution is 2.26. The summed E-state index contributed by atoms with van der Waals surface area (Å²) in [6.45, 7) is -0.864. The SMILES string of the molecule is FCc1cc(C(F)F)c(Cl)cn1. The zero-order valence-electron chi connectivity index (χ0n) is 5.90. The number of aromatic nitrogens is 1. The van der Waals surface area contributed by atoms with Crippen molar-refractivity contribution in [1.82, 2.24) is 4.98 Å². The molecule has 0 aliphatic carbocycles. The van der Waals surface area contributed by atoms with E-state index in [1.807, 2.05) is 0 Å². The lowest BCUT2D eigenvalue weighted by atomic mass is 10.2. The van der Waals surface area contributed by atoms with Crippen LogP contribution in [0.25, 0.3) is 0 Å². The number of alkyl halides is 3. The molecule has 5 heteroatoms. The van der Waals surface area contributed by atoms with Gasteiger partial charge in [0.1, 0.15) is 6.67 Å². The first-order valence-corrected chi connectivity index (χ1v) is 3.51. The molecule has 1 nitrogen and oxygen atoms in total. The first kappa shape index (κ1) is 9.32. The van der Waals surface area contributed by atoms with Crippen LogP contribution in [-0.4, -0.2) is 4.98 Å². The second-order valence-corrected chi connectivity index (χ2v) is 2.54. The predicted octanol–water partition coefficient (Wildman–Crippen LogP) is 3.14. The average Bonchev–Trinajstić information content (AvgIpc) is 2.05. The largest absolute Gasteiger partial charge is 0.265 e. The fourth-order valence-electron chi connectivity index (χ4n) is 0.740. The van der Waals surface area contributed by atoms with Crippen LogP contribution >= 0.6 is 11.6 Å². The maximum atomic E-state index is 12.1. The molecule has 0 amide bonds. The van der Waals surface area contributed by atoms with Crippen LogP contribution in [0, 0.1) is 0 Å². The summed E-state index contributed by atoms with van der Waals surface area (Å²) in [4.78, 5) is 3.50. The van der Waals surface area contributed by atoms with Crippen LogP contribution < -0.4 is 0 Å². The maximum absolute atomic E-state index is 12.1. The molecule has 0 unspecified atom stereocenters. The molecule has 0 radical (unpaired) electrons. The molecule has 0 spiro atoms. The molecule has 1 heterocycles. The van der Waals surface area contributed by atoms with Gasteiger partial charge in [-0.1, -0.05) is 11.6 Å². The quantitative estimate of drug-likeness (QED) is 0.707. The second-order valence-electron chi connectivity index (χ2n) is 2.13. The van der Waals surface area contributed by atoms with Crippen LogP contribution in [0.4, 0.5) is 13.2 Å². The minimum Gasteiger partial charge on any atom is -0.257 e. The summed E-state index contributed by atoms with van der Waals surface area (Å²) in [6, 6.07) is 0.965. The Morgan fingerprint density at radius 2 is 2.17 bits per heavy atom. The summed E-state index contributed by atoms with van der Waals surface area (Å²) < 4.78 is 36.2. The van der Waals surface area contributed by atoms with Crippen molar-refractivity contribution < 1.29 is 13.2 Å². The van der Waals surface area contributed by atoms with Crippen molar-refractivity contribution in [2.45, 2.75) is 13.1 Å². The van der Waals surface area contributed by atoms with Crippen LogP contribution in [0.1, 0.15) is 17.7 Å². The molecule has 0 saturated heterocycles. The Bertz CT molecular complexity index is 277. The molecule has 0 aliphatic heterocycles. The van der Waals surface area contributed by atoms with Crippen molar-refractivity contribution in [1.29, 1.82) is 0 Å². The molecule has 0 bridgehead atoms. The van der Waals surface area contributed by atoms with E-state index in [2.05, 4.69) is 4.98 Å². The van der Waals surface area contributed by atoms with E-state index in [0.717, 1.165) is 12.3 Å². The molecule has 0 N–H and O–H groups in total. The van der Waals surface area contributed by atoms with Crippen molar-refractivity contribution in [3.63, 3.8) is 0 Å². The van der Waals surface area contributed by atoms with E-state index in [9.17, 15) is 13.2 Å². The molecular formula is C7H5ClF3N. The molecule has 0 atom stereocenters. The number of hydrogen-bond acceptors (Lipinski definition) is 1. The van der Waals surface area contributed by atoms with Crippen LogP contribution in [0.3, 0.4) is 0 Å². The number of rotatable bonds is 2. The highest BCUT2D eigenvalue weighted by atomic mass is 35.5.